The molecule has 0 spiro atoms. The molecular weight excluding hydrogens is 272 g/mol. The number of hydrogen-bond acceptors (Lipinski definition) is 5. The van der Waals surface area contributed by atoms with Gasteiger partial charge in [-0.15, -0.1) is 0 Å². The third kappa shape index (κ3) is 2.28. The summed E-state index contributed by atoms with van der Waals surface area (Å²) in [5.74, 6) is -1.88. The molecule has 0 bridgehead atoms. The second kappa shape index (κ2) is 4.42. The van der Waals surface area contributed by atoms with Crippen molar-refractivity contribution in [2.45, 2.75) is 59.2 Å². The Hall–Kier alpha value is -1.65. The molecule has 0 N–H and O–H groups in total. The first kappa shape index (κ1) is 15.7. The highest BCUT2D eigenvalue weighted by Gasteiger charge is 2.67. The third-order valence-electron chi connectivity index (χ3n) is 4.48. The van der Waals surface area contributed by atoms with Crippen LogP contribution in [0.2, 0.25) is 0 Å². The van der Waals surface area contributed by atoms with Crippen LogP contribution in [0.15, 0.2) is 11.6 Å². The number of ether oxygens (including phenoxy) is 2. The molecular formula is C16H22O5. The van der Waals surface area contributed by atoms with Crippen LogP contribution >= 0.6 is 0 Å². The van der Waals surface area contributed by atoms with Gasteiger partial charge in [0.05, 0.1) is 0 Å². The molecule has 5 nitrogen and oxygen atoms in total. The normalized spacial score (nSPS) is 35.9. The summed E-state index contributed by atoms with van der Waals surface area (Å²) < 4.78 is 10.9. The minimum Gasteiger partial charge on any atom is -0.459 e. The molecule has 0 aromatic heterocycles. The van der Waals surface area contributed by atoms with Gasteiger partial charge < -0.3 is 9.47 Å². The Labute approximate surface area is 124 Å². The van der Waals surface area contributed by atoms with E-state index < -0.39 is 34.5 Å². The van der Waals surface area contributed by atoms with Gasteiger partial charge in [-0.1, -0.05) is 0 Å². The van der Waals surface area contributed by atoms with Crippen molar-refractivity contribution in [3.8, 4) is 0 Å². The quantitative estimate of drug-likeness (QED) is 0.547. The van der Waals surface area contributed by atoms with Gasteiger partial charge in [0.1, 0.15) is 11.2 Å². The number of carbonyl (C=O) groups excluding carboxylic acids is 3. The molecule has 0 amide bonds. The maximum Gasteiger partial charge on any atom is 0.324 e. The van der Waals surface area contributed by atoms with Crippen molar-refractivity contribution in [1.29, 1.82) is 0 Å². The van der Waals surface area contributed by atoms with E-state index in [1.807, 2.05) is 0 Å². The maximum absolute atomic E-state index is 12.5. The van der Waals surface area contributed by atoms with Crippen molar-refractivity contribution in [3.63, 3.8) is 0 Å². The van der Waals surface area contributed by atoms with Gasteiger partial charge in [-0.05, 0) is 53.2 Å². The third-order valence-corrected chi connectivity index (χ3v) is 4.48. The number of hydrogen-bond donors (Lipinski definition) is 0. The summed E-state index contributed by atoms with van der Waals surface area (Å²) in [4.78, 5) is 36.8. The topological polar surface area (TPSA) is 69.7 Å². The van der Waals surface area contributed by atoms with Gasteiger partial charge in [-0.2, -0.15) is 0 Å². The van der Waals surface area contributed by atoms with Crippen molar-refractivity contribution in [3.05, 3.63) is 11.6 Å². The summed E-state index contributed by atoms with van der Waals surface area (Å²) in [6.45, 7) is 10.2. The molecule has 116 valence electrons. The van der Waals surface area contributed by atoms with Gasteiger partial charge in [-0.25, -0.2) is 0 Å². The predicted molar refractivity (Wildman–Crippen MR) is 75.3 cm³/mol. The van der Waals surface area contributed by atoms with E-state index in [0.717, 1.165) is 0 Å². The largest absolute Gasteiger partial charge is 0.459 e. The fraction of sp³-hybridized carbons (Fsp3) is 0.688. The van der Waals surface area contributed by atoms with Crippen LogP contribution in [0.5, 0.6) is 0 Å². The van der Waals surface area contributed by atoms with E-state index in [-0.39, 0.29) is 12.2 Å². The van der Waals surface area contributed by atoms with Crippen molar-refractivity contribution >= 4 is 17.7 Å². The van der Waals surface area contributed by atoms with Crippen molar-refractivity contribution < 1.29 is 23.9 Å². The zero-order valence-electron chi connectivity index (χ0n) is 13.4. The Balaban J connectivity index is 2.45. The van der Waals surface area contributed by atoms with Gasteiger partial charge in [0.25, 0.3) is 0 Å². The molecule has 1 saturated heterocycles. The van der Waals surface area contributed by atoms with E-state index in [2.05, 4.69) is 0 Å². The van der Waals surface area contributed by atoms with Crippen LogP contribution in [0.4, 0.5) is 0 Å². The number of carbonyl (C=O) groups is 3. The fourth-order valence-corrected chi connectivity index (χ4v) is 3.07. The first-order valence-corrected chi connectivity index (χ1v) is 7.10. The lowest BCUT2D eigenvalue weighted by Crippen LogP contribution is -2.48. The predicted octanol–water partition coefficient (Wildman–Crippen LogP) is 2.19. The number of ketones is 1. The van der Waals surface area contributed by atoms with Crippen LogP contribution in [-0.2, 0) is 23.9 Å². The lowest BCUT2D eigenvalue weighted by Gasteiger charge is -2.37. The highest BCUT2D eigenvalue weighted by Crippen LogP contribution is 2.53. The Morgan fingerprint density at radius 3 is 2.43 bits per heavy atom. The summed E-state index contributed by atoms with van der Waals surface area (Å²) >= 11 is 0. The zero-order chi connectivity index (χ0) is 16.2. The van der Waals surface area contributed by atoms with Gasteiger partial charge in [0.15, 0.2) is 11.2 Å². The Kier molecular flexibility index (Phi) is 3.31. The average molecular weight is 294 g/mol. The first-order valence-electron chi connectivity index (χ1n) is 7.10. The van der Waals surface area contributed by atoms with Crippen LogP contribution in [0.1, 0.15) is 48.0 Å². The van der Waals surface area contributed by atoms with Gasteiger partial charge in [-0.3, -0.25) is 14.4 Å². The summed E-state index contributed by atoms with van der Waals surface area (Å²) in [6.07, 6.45) is 1.60. The first-order chi connectivity index (χ1) is 9.41. The zero-order valence-corrected chi connectivity index (χ0v) is 13.4. The van der Waals surface area contributed by atoms with Crippen molar-refractivity contribution in [2.24, 2.45) is 11.3 Å². The molecule has 3 atom stereocenters. The maximum atomic E-state index is 12.5. The van der Waals surface area contributed by atoms with Gasteiger partial charge in [0, 0.05) is 12.3 Å². The van der Waals surface area contributed by atoms with Crippen LogP contribution in [0.3, 0.4) is 0 Å². The van der Waals surface area contributed by atoms with Crippen LogP contribution in [-0.4, -0.2) is 28.9 Å². The van der Waals surface area contributed by atoms with Gasteiger partial charge in [0.2, 0.25) is 0 Å². The highest BCUT2D eigenvalue weighted by atomic mass is 16.6. The summed E-state index contributed by atoms with van der Waals surface area (Å²) in [6, 6.07) is 0. The second-order valence-corrected chi connectivity index (χ2v) is 7.25. The summed E-state index contributed by atoms with van der Waals surface area (Å²) in [5.41, 5.74) is -2.41. The summed E-state index contributed by atoms with van der Waals surface area (Å²) in [7, 11) is 0. The van der Waals surface area contributed by atoms with E-state index in [9.17, 15) is 14.4 Å². The molecule has 21 heavy (non-hydrogen) atoms. The van der Waals surface area contributed by atoms with E-state index in [1.165, 1.54) is 13.0 Å². The molecule has 0 radical (unpaired) electrons. The molecule has 0 aromatic carbocycles. The monoisotopic (exact) mass is 294 g/mol. The fourth-order valence-electron chi connectivity index (χ4n) is 3.07. The second-order valence-electron chi connectivity index (χ2n) is 7.25. The molecule has 2 rings (SSSR count). The summed E-state index contributed by atoms with van der Waals surface area (Å²) in [5, 5.41) is 0. The van der Waals surface area contributed by atoms with Crippen LogP contribution in [0.25, 0.3) is 0 Å². The highest BCUT2D eigenvalue weighted by molar-refractivity contribution is 6.04. The van der Waals surface area contributed by atoms with E-state index in [1.54, 1.807) is 34.6 Å². The average Bonchev–Trinajstić information content (AvgIpc) is 2.49. The molecule has 2 aliphatic rings. The molecule has 1 aliphatic heterocycles. The smallest absolute Gasteiger partial charge is 0.324 e. The van der Waals surface area contributed by atoms with Crippen molar-refractivity contribution in [1.82, 2.24) is 0 Å². The standard InChI is InChI=1S/C16H22O5/c1-9-7-10(17)8-11-15(5,12(18)20-14(2,3)4)13(19)21-16(9,11)6/h7,11H,8H2,1-6H3/t11-,15+,16-/m1/s1. The van der Waals surface area contributed by atoms with Crippen molar-refractivity contribution in [2.75, 3.05) is 0 Å². The lowest BCUT2D eigenvalue weighted by atomic mass is 9.65. The Bertz CT molecular complexity index is 554. The van der Waals surface area contributed by atoms with Crippen LogP contribution in [0, 0.1) is 11.3 Å². The molecule has 1 aliphatic carbocycles. The minimum atomic E-state index is -1.45. The lowest BCUT2D eigenvalue weighted by molar-refractivity contribution is -0.173. The molecule has 0 unspecified atom stereocenters. The number of esters is 2. The molecule has 0 aromatic rings. The SMILES string of the molecule is CC1=CC(=O)C[C@@H]2[C@@](C)(C(=O)OC(C)(C)C)C(=O)O[C@]12C. The van der Waals surface area contributed by atoms with Crippen LogP contribution < -0.4 is 0 Å². The van der Waals surface area contributed by atoms with Gasteiger partial charge >= 0.3 is 11.9 Å². The molecule has 1 heterocycles. The van der Waals surface area contributed by atoms with E-state index in [0.29, 0.717) is 5.57 Å². The number of fused-ring (bicyclic) bond motifs is 1. The molecule has 1 fully saturated rings. The van der Waals surface area contributed by atoms with E-state index >= 15 is 0 Å². The number of allylic oxidation sites excluding steroid dienone is 1. The van der Waals surface area contributed by atoms with E-state index in [4.69, 9.17) is 9.47 Å². The number of rotatable bonds is 1. The minimum absolute atomic E-state index is 0.0944. The molecule has 5 heteroatoms. The molecule has 0 saturated carbocycles. The Morgan fingerprint density at radius 1 is 1.33 bits per heavy atom. The Morgan fingerprint density at radius 2 is 1.90 bits per heavy atom.